The standard InChI is InChI=1S/C25H31NO5/c1-29-17-11-12-18(22(16-17)31-3)23-20-9-6-7-13-25(20,28)14-15-26(23)24(27)19-8-4-5-10-21(19)30-2/h4-5,8,10-12,16,20,23,28H,6-7,9,13-15H2,1-3H3/t20-,23+,25-/m1/s1. The van der Waals surface area contributed by atoms with Crippen LogP contribution in [0.15, 0.2) is 42.5 Å². The van der Waals surface area contributed by atoms with Gasteiger partial charge < -0.3 is 24.2 Å². The van der Waals surface area contributed by atoms with Gasteiger partial charge in [0.1, 0.15) is 17.2 Å². The SMILES string of the molecule is COc1ccc([C@H]2[C@H]3CCCC[C@@]3(O)CCN2C(=O)c2ccccc2OC)c(OC)c1. The molecular formula is C25H31NO5. The van der Waals surface area contributed by atoms with Gasteiger partial charge in [-0.05, 0) is 43.5 Å². The Kier molecular flexibility index (Phi) is 6.10. The summed E-state index contributed by atoms with van der Waals surface area (Å²) >= 11 is 0. The van der Waals surface area contributed by atoms with Crippen molar-refractivity contribution in [2.24, 2.45) is 5.92 Å². The molecule has 2 aromatic carbocycles. The normalized spacial score (nSPS) is 25.5. The van der Waals surface area contributed by atoms with Gasteiger partial charge in [0, 0.05) is 24.1 Å². The highest BCUT2D eigenvalue weighted by molar-refractivity contribution is 5.97. The highest BCUT2D eigenvalue weighted by atomic mass is 16.5. The fourth-order valence-electron chi connectivity index (χ4n) is 5.33. The summed E-state index contributed by atoms with van der Waals surface area (Å²) in [4.78, 5) is 15.7. The second kappa shape index (κ2) is 8.79. The van der Waals surface area contributed by atoms with Crippen LogP contribution in [0.25, 0.3) is 0 Å². The van der Waals surface area contributed by atoms with Gasteiger partial charge in [0.15, 0.2) is 0 Å². The number of hydrogen-bond acceptors (Lipinski definition) is 5. The molecule has 3 atom stereocenters. The number of aliphatic hydroxyl groups is 1. The second-order valence-corrected chi connectivity index (χ2v) is 8.46. The van der Waals surface area contributed by atoms with E-state index in [1.54, 1.807) is 33.5 Å². The first kappa shape index (κ1) is 21.5. The number of piperidine rings is 1. The van der Waals surface area contributed by atoms with Crippen molar-refractivity contribution in [3.8, 4) is 17.2 Å². The zero-order valence-electron chi connectivity index (χ0n) is 18.5. The summed E-state index contributed by atoms with van der Waals surface area (Å²) in [5.41, 5.74) is 0.658. The van der Waals surface area contributed by atoms with Crippen molar-refractivity contribution in [3.05, 3.63) is 53.6 Å². The van der Waals surface area contributed by atoms with Gasteiger partial charge in [0.2, 0.25) is 0 Å². The van der Waals surface area contributed by atoms with Crippen LogP contribution < -0.4 is 14.2 Å². The summed E-state index contributed by atoms with van der Waals surface area (Å²) in [6.07, 6.45) is 4.27. The largest absolute Gasteiger partial charge is 0.497 e. The maximum absolute atomic E-state index is 13.8. The van der Waals surface area contributed by atoms with E-state index in [0.717, 1.165) is 31.2 Å². The quantitative estimate of drug-likeness (QED) is 0.777. The summed E-state index contributed by atoms with van der Waals surface area (Å²) in [7, 11) is 4.82. The Morgan fingerprint density at radius 2 is 1.77 bits per heavy atom. The lowest BCUT2D eigenvalue weighted by molar-refractivity contribution is -0.115. The van der Waals surface area contributed by atoms with Crippen LogP contribution in [0.3, 0.4) is 0 Å². The monoisotopic (exact) mass is 425 g/mol. The van der Waals surface area contributed by atoms with Gasteiger partial charge >= 0.3 is 0 Å². The van der Waals surface area contributed by atoms with E-state index in [1.807, 2.05) is 35.2 Å². The van der Waals surface area contributed by atoms with Crippen LogP contribution in [-0.2, 0) is 0 Å². The first-order valence-electron chi connectivity index (χ1n) is 10.9. The summed E-state index contributed by atoms with van der Waals surface area (Å²) in [6, 6.07) is 12.7. The van der Waals surface area contributed by atoms with Crippen LogP contribution in [0.5, 0.6) is 17.2 Å². The van der Waals surface area contributed by atoms with Gasteiger partial charge in [-0.2, -0.15) is 0 Å². The molecule has 1 saturated heterocycles. The third-order valence-corrected chi connectivity index (χ3v) is 6.93. The molecule has 166 valence electrons. The fraction of sp³-hybridized carbons (Fsp3) is 0.480. The predicted octanol–water partition coefficient (Wildman–Crippen LogP) is 4.22. The van der Waals surface area contributed by atoms with Crippen LogP contribution in [-0.4, -0.2) is 49.4 Å². The molecule has 0 unspecified atom stereocenters. The smallest absolute Gasteiger partial charge is 0.258 e. The van der Waals surface area contributed by atoms with E-state index in [1.165, 1.54) is 0 Å². The Hall–Kier alpha value is -2.73. The van der Waals surface area contributed by atoms with Gasteiger partial charge in [-0.3, -0.25) is 4.79 Å². The molecule has 6 heteroatoms. The van der Waals surface area contributed by atoms with Crippen LogP contribution >= 0.6 is 0 Å². The Labute approximate surface area is 183 Å². The molecule has 1 amide bonds. The minimum absolute atomic E-state index is 0.0593. The molecule has 0 aromatic heterocycles. The molecular weight excluding hydrogens is 394 g/mol. The molecule has 2 aliphatic rings. The zero-order valence-corrected chi connectivity index (χ0v) is 18.5. The molecule has 1 aliphatic heterocycles. The van der Waals surface area contributed by atoms with Crippen molar-refractivity contribution < 1.29 is 24.1 Å². The number of para-hydroxylation sites is 1. The summed E-state index contributed by atoms with van der Waals surface area (Å²) < 4.78 is 16.5. The molecule has 1 saturated carbocycles. The van der Waals surface area contributed by atoms with Gasteiger partial charge in [0.05, 0.1) is 38.5 Å². The first-order chi connectivity index (χ1) is 15.0. The Morgan fingerprint density at radius 3 is 2.52 bits per heavy atom. The third kappa shape index (κ3) is 3.85. The van der Waals surface area contributed by atoms with E-state index in [4.69, 9.17) is 14.2 Å². The lowest BCUT2D eigenvalue weighted by Crippen LogP contribution is -2.56. The molecule has 31 heavy (non-hydrogen) atoms. The minimum atomic E-state index is -0.772. The number of nitrogens with zero attached hydrogens (tertiary/aromatic N) is 1. The fourth-order valence-corrected chi connectivity index (χ4v) is 5.33. The molecule has 1 heterocycles. The number of benzene rings is 2. The molecule has 2 aromatic rings. The maximum Gasteiger partial charge on any atom is 0.258 e. The molecule has 1 aliphatic carbocycles. The average Bonchev–Trinajstić information content (AvgIpc) is 2.82. The molecule has 0 spiro atoms. The van der Waals surface area contributed by atoms with Gasteiger partial charge in [-0.25, -0.2) is 0 Å². The van der Waals surface area contributed by atoms with Gasteiger partial charge in [0.25, 0.3) is 5.91 Å². The molecule has 0 radical (unpaired) electrons. The number of ether oxygens (including phenoxy) is 3. The summed E-state index contributed by atoms with van der Waals surface area (Å²) in [5, 5.41) is 11.5. The van der Waals surface area contributed by atoms with E-state index >= 15 is 0 Å². The predicted molar refractivity (Wildman–Crippen MR) is 118 cm³/mol. The highest BCUT2D eigenvalue weighted by Crippen LogP contribution is 2.51. The minimum Gasteiger partial charge on any atom is -0.497 e. The van der Waals surface area contributed by atoms with E-state index < -0.39 is 5.60 Å². The van der Waals surface area contributed by atoms with Crippen LogP contribution in [0.4, 0.5) is 0 Å². The van der Waals surface area contributed by atoms with Crippen LogP contribution in [0.1, 0.15) is 54.1 Å². The number of fused-ring (bicyclic) bond motifs is 1. The van der Waals surface area contributed by atoms with Crippen molar-refractivity contribution >= 4 is 5.91 Å². The van der Waals surface area contributed by atoms with E-state index in [2.05, 4.69) is 0 Å². The highest BCUT2D eigenvalue weighted by Gasteiger charge is 2.51. The number of amides is 1. The van der Waals surface area contributed by atoms with E-state index in [9.17, 15) is 9.90 Å². The lowest BCUT2D eigenvalue weighted by Gasteiger charge is -2.52. The third-order valence-electron chi connectivity index (χ3n) is 6.93. The second-order valence-electron chi connectivity index (χ2n) is 8.46. The van der Waals surface area contributed by atoms with Crippen molar-refractivity contribution in [1.82, 2.24) is 4.90 Å². The number of rotatable bonds is 5. The maximum atomic E-state index is 13.8. The molecule has 1 N–H and O–H groups in total. The first-order valence-corrected chi connectivity index (χ1v) is 10.9. The summed E-state index contributed by atoms with van der Waals surface area (Å²) in [5.74, 6) is 1.76. The molecule has 4 rings (SSSR count). The van der Waals surface area contributed by atoms with Crippen LogP contribution in [0.2, 0.25) is 0 Å². The Bertz CT molecular complexity index is 945. The van der Waals surface area contributed by atoms with E-state index in [-0.39, 0.29) is 17.9 Å². The van der Waals surface area contributed by atoms with Gasteiger partial charge in [-0.1, -0.05) is 25.0 Å². The lowest BCUT2D eigenvalue weighted by atomic mass is 9.66. The Balaban J connectivity index is 1.82. The van der Waals surface area contributed by atoms with Crippen molar-refractivity contribution in [1.29, 1.82) is 0 Å². The number of methoxy groups -OCH3 is 3. The molecule has 2 fully saturated rings. The molecule has 6 nitrogen and oxygen atoms in total. The van der Waals surface area contributed by atoms with E-state index in [0.29, 0.717) is 35.8 Å². The van der Waals surface area contributed by atoms with Crippen molar-refractivity contribution in [2.75, 3.05) is 27.9 Å². The number of carbonyl (C=O) groups excluding carboxylic acids is 1. The summed E-state index contributed by atoms with van der Waals surface area (Å²) in [6.45, 7) is 0.476. The number of likely N-dealkylation sites (tertiary alicyclic amines) is 1. The number of carbonyl (C=O) groups is 1. The van der Waals surface area contributed by atoms with Gasteiger partial charge in [-0.15, -0.1) is 0 Å². The van der Waals surface area contributed by atoms with Crippen molar-refractivity contribution in [3.63, 3.8) is 0 Å². The number of hydrogen-bond donors (Lipinski definition) is 1. The Morgan fingerprint density at radius 1 is 1.00 bits per heavy atom. The zero-order chi connectivity index (χ0) is 22.0. The van der Waals surface area contributed by atoms with Crippen molar-refractivity contribution in [2.45, 2.75) is 43.7 Å². The topological polar surface area (TPSA) is 68.2 Å². The average molecular weight is 426 g/mol. The molecule has 0 bridgehead atoms. The van der Waals surface area contributed by atoms with Crippen LogP contribution in [0, 0.1) is 5.92 Å².